The van der Waals surface area contributed by atoms with Crippen LogP contribution in [0, 0.1) is 0 Å². The van der Waals surface area contributed by atoms with E-state index in [4.69, 9.17) is 0 Å². The minimum Gasteiger partial charge on any atom is -0.342 e. The molecule has 1 aromatic rings. The molecule has 0 aliphatic carbocycles. The fraction of sp³-hybridized carbons (Fsp3) is 0.273. The monoisotopic (exact) mass is 188 g/mol. The third-order valence-corrected chi connectivity index (χ3v) is 2.41. The standard InChI is InChI=1S/C11H10NO2/c13-7-9-6-5-8-3-1-2-4-10(8)11(14)12-9/h1-4,9H,5-6H2,(H,12,14). The van der Waals surface area contributed by atoms with Crippen LogP contribution in [-0.2, 0) is 11.2 Å². The minimum atomic E-state index is -0.463. The second-order valence-electron chi connectivity index (χ2n) is 3.34. The predicted octanol–water partition coefficient (Wildman–Crippen LogP) is 0.841. The summed E-state index contributed by atoms with van der Waals surface area (Å²) in [7, 11) is 0. The summed E-state index contributed by atoms with van der Waals surface area (Å²) in [5.41, 5.74) is 1.67. The highest BCUT2D eigenvalue weighted by Gasteiger charge is 2.20. The average Bonchev–Trinajstić information content (AvgIpc) is 2.39. The lowest BCUT2D eigenvalue weighted by Gasteiger charge is -2.05. The zero-order chi connectivity index (χ0) is 9.97. The number of hydrogen-bond acceptors (Lipinski definition) is 2. The number of rotatable bonds is 1. The van der Waals surface area contributed by atoms with Crippen LogP contribution in [0.1, 0.15) is 22.3 Å². The van der Waals surface area contributed by atoms with Gasteiger partial charge in [-0.15, -0.1) is 0 Å². The fourth-order valence-corrected chi connectivity index (χ4v) is 1.66. The summed E-state index contributed by atoms with van der Waals surface area (Å²) in [6, 6.07) is 6.95. The van der Waals surface area contributed by atoms with Gasteiger partial charge in [0.15, 0.2) is 0 Å². The Labute approximate surface area is 82.1 Å². The highest BCUT2D eigenvalue weighted by Crippen LogP contribution is 2.15. The van der Waals surface area contributed by atoms with E-state index in [1.165, 1.54) is 0 Å². The number of aryl methyl sites for hydroxylation is 1. The number of fused-ring (bicyclic) bond motifs is 1. The summed E-state index contributed by atoms with van der Waals surface area (Å²) in [6.07, 6.45) is 3.20. The molecule has 71 valence electrons. The Balaban J connectivity index is 2.36. The number of benzene rings is 1. The second-order valence-corrected chi connectivity index (χ2v) is 3.34. The number of carbonyl (C=O) groups is 1. The summed E-state index contributed by atoms with van der Waals surface area (Å²) in [4.78, 5) is 22.1. The number of carbonyl (C=O) groups excluding carboxylic acids is 2. The van der Waals surface area contributed by atoms with Crippen LogP contribution in [0.25, 0.3) is 0 Å². The molecule has 14 heavy (non-hydrogen) atoms. The Morgan fingerprint density at radius 3 is 2.93 bits per heavy atom. The van der Waals surface area contributed by atoms with Crippen LogP contribution in [0.2, 0.25) is 0 Å². The zero-order valence-corrected chi connectivity index (χ0v) is 7.62. The summed E-state index contributed by atoms with van der Waals surface area (Å²) in [5, 5.41) is 2.62. The normalized spacial score (nSPS) is 20.6. The van der Waals surface area contributed by atoms with Crippen LogP contribution in [0.5, 0.6) is 0 Å². The Kier molecular flexibility index (Phi) is 2.31. The van der Waals surface area contributed by atoms with Gasteiger partial charge in [0.25, 0.3) is 5.91 Å². The van der Waals surface area contributed by atoms with Crippen LogP contribution in [-0.4, -0.2) is 18.2 Å². The van der Waals surface area contributed by atoms with Crippen molar-refractivity contribution >= 4 is 12.2 Å². The van der Waals surface area contributed by atoms with E-state index >= 15 is 0 Å². The van der Waals surface area contributed by atoms with Gasteiger partial charge in [-0.25, -0.2) is 0 Å². The van der Waals surface area contributed by atoms with Gasteiger partial charge in [-0.05, 0) is 24.5 Å². The first-order chi connectivity index (χ1) is 6.81. The number of nitrogens with one attached hydrogen (secondary N) is 1. The molecular formula is C11H10NO2. The molecule has 0 fully saturated rings. The Morgan fingerprint density at radius 2 is 2.14 bits per heavy atom. The van der Waals surface area contributed by atoms with E-state index in [-0.39, 0.29) is 5.91 Å². The molecule has 2 rings (SSSR count). The van der Waals surface area contributed by atoms with Crippen molar-refractivity contribution in [1.29, 1.82) is 0 Å². The van der Waals surface area contributed by atoms with E-state index in [0.717, 1.165) is 12.0 Å². The molecule has 1 aliphatic heterocycles. The molecule has 3 nitrogen and oxygen atoms in total. The molecule has 1 unspecified atom stereocenters. The molecule has 0 spiro atoms. The number of amides is 1. The Hall–Kier alpha value is -1.64. The van der Waals surface area contributed by atoms with Crippen molar-refractivity contribution in [3.8, 4) is 0 Å². The molecule has 1 aliphatic rings. The molecule has 1 N–H and O–H groups in total. The average molecular weight is 188 g/mol. The molecule has 0 bridgehead atoms. The minimum absolute atomic E-state index is 0.175. The Bertz CT molecular complexity index is 373. The molecule has 0 aromatic heterocycles. The largest absolute Gasteiger partial charge is 0.342 e. The van der Waals surface area contributed by atoms with Crippen LogP contribution in [0.3, 0.4) is 0 Å². The first-order valence-corrected chi connectivity index (χ1v) is 4.57. The summed E-state index contributed by atoms with van der Waals surface area (Å²) in [6.45, 7) is 0. The van der Waals surface area contributed by atoms with Gasteiger partial charge in [-0.2, -0.15) is 0 Å². The summed E-state index contributed by atoms with van der Waals surface area (Å²) < 4.78 is 0. The molecule has 1 radical (unpaired) electrons. The van der Waals surface area contributed by atoms with E-state index in [0.29, 0.717) is 12.0 Å². The highest BCUT2D eigenvalue weighted by molar-refractivity contribution is 5.97. The van der Waals surface area contributed by atoms with Gasteiger partial charge < -0.3 is 5.32 Å². The third-order valence-electron chi connectivity index (χ3n) is 2.41. The van der Waals surface area contributed by atoms with Gasteiger partial charge in [0, 0.05) is 5.56 Å². The maximum Gasteiger partial charge on any atom is 0.252 e. The SMILES string of the molecule is O=[C]C1CCc2ccccc2C(=O)N1. The zero-order valence-electron chi connectivity index (χ0n) is 7.62. The maximum atomic E-state index is 11.6. The van der Waals surface area contributed by atoms with E-state index in [9.17, 15) is 9.59 Å². The lowest BCUT2D eigenvalue weighted by atomic mass is 10.0. The van der Waals surface area contributed by atoms with Crippen molar-refractivity contribution in [2.24, 2.45) is 0 Å². The quantitative estimate of drug-likeness (QED) is 0.709. The van der Waals surface area contributed by atoms with Gasteiger partial charge >= 0.3 is 0 Å². The lowest BCUT2D eigenvalue weighted by molar-refractivity contribution is 0.0948. The molecular weight excluding hydrogens is 178 g/mol. The summed E-state index contributed by atoms with van der Waals surface area (Å²) >= 11 is 0. The van der Waals surface area contributed by atoms with Gasteiger partial charge in [0.1, 0.15) is 0 Å². The van der Waals surface area contributed by atoms with Crippen molar-refractivity contribution in [1.82, 2.24) is 5.32 Å². The van der Waals surface area contributed by atoms with Crippen LogP contribution in [0.15, 0.2) is 24.3 Å². The van der Waals surface area contributed by atoms with Crippen LogP contribution >= 0.6 is 0 Å². The molecule has 3 heteroatoms. The lowest BCUT2D eigenvalue weighted by Crippen LogP contribution is -2.34. The fourth-order valence-electron chi connectivity index (χ4n) is 1.66. The maximum absolute atomic E-state index is 11.6. The third kappa shape index (κ3) is 1.53. The Morgan fingerprint density at radius 1 is 1.36 bits per heavy atom. The van der Waals surface area contributed by atoms with Crippen molar-refractivity contribution in [2.75, 3.05) is 0 Å². The number of hydrogen-bond donors (Lipinski definition) is 1. The molecule has 1 heterocycles. The van der Waals surface area contributed by atoms with Crippen molar-refractivity contribution in [3.05, 3.63) is 35.4 Å². The smallest absolute Gasteiger partial charge is 0.252 e. The van der Waals surface area contributed by atoms with E-state index < -0.39 is 6.04 Å². The van der Waals surface area contributed by atoms with Crippen molar-refractivity contribution in [3.63, 3.8) is 0 Å². The first-order valence-electron chi connectivity index (χ1n) is 4.57. The second kappa shape index (κ2) is 3.62. The first kappa shape index (κ1) is 8.94. The molecule has 0 saturated carbocycles. The topological polar surface area (TPSA) is 46.2 Å². The highest BCUT2D eigenvalue weighted by atomic mass is 16.2. The van der Waals surface area contributed by atoms with Gasteiger partial charge in [0.05, 0.1) is 6.04 Å². The van der Waals surface area contributed by atoms with Gasteiger partial charge in [-0.1, -0.05) is 18.2 Å². The molecule has 0 saturated heterocycles. The van der Waals surface area contributed by atoms with E-state index in [2.05, 4.69) is 5.32 Å². The van der Waals surface area contributed by atoms with Crippen LogP contribution in [0.4, 0.5) is 0 Å². The van der Waals surface area contributed by atoms with Crippen molar-refractivity contribution < 1.29 is 9.59 Å². The van der Waals surface area contributed by atoms with Crippen molar-refractivity contribution in [2.45, 2.75) is 18.9 Å². The van der Waals surface area contributed by atoms with Gasteiger partial charge in [0.2, 0.25) is 6.29 Å². The molecule has 1 amide bonds. The predicted molar refractivity (Wildman–Crippen MR) is 51.7 cm³/mol. The molecule has 1 atom stereocenters. The van der Waals surface area contributed by atoms with E-state index in [1.54, 1.807) is 6.07 Å². The van der Waals surface area contributed by atoms with Crippen LogP contribution < -0.4 is 5.32 Å². The van der Waals surface area contributed by atoms with E-state index in [1.807, 2.05) is 24.5 Å². The van der Waals surface area contributed by atoms with Gasteiger partial charge in [-0.3, -0.25) is 9.59 Å². The molecule has 1 aromatic carbocycles. The summed E-state index contributed by atoms with van der Waals surface area (Å²) in [5.74, 6) is -0.175.